The molecule has 16 heavy (non-hydrogen) atoms. The second-order valence-corrected chi connectivity index (χ2v) is 4.74. The van der Waals surface area contributed by atoms with Crippen LogP contribution in [-0.4, -0.2) is 10.9 Å². The monoisotopic (exact) mass is 318 g/mol. The number of rotatable bonds is 1. The number of benzene rings is 1. The number of carbonyl (C=O) groups excluding carboxylic acids is 1. The molecule has 0 spiro atoms. The molecule has 2 rings (SSSR count). The molecule has 0 unspecified atom stereocenters. The van der Waals surface area contributed by atoms with E-state index in [0.717, 1.165) is 0 Å². The summed E-state index contributed by atoms with van der Waals surface area (Å²) in [6.45, 7) is 0. The van der Waals surface area contributed by atoms with Gasteiger partial charge in [0.1, 0.15) is 5.69 Å². The first kappa shape index (κ1) is 11.6. The Morgan fingerprint density at radius 1 is 1.38 bits per heavy atom. The Hall–Kier alpha value is -0.840. The number of nitrogens with two attached hydrogens (primary N) is 1. The fourth-order valence-electron chi connectivity index (χ4n) is 1.43. The number of hydrogen-bond donors (Lipinski definition) is 1. The Balaban J connectivity index is 2.97. The molecule has 6 heteroatoms. The summed E-state index contributed by atoms with van der Waals surface area (Å²) < 4.78 is 0.667. The molecule has 0 radical (unpaired) electrons. The fraction of sp³-hybridized carbons (Fsp3) is 0. The Morgan fingerprint density at radius 2 is 2.06 bits per heavy atom. The third-order valence-electron chi connectivity index (χ3n) is 2.13. The standard InChI is InChI=1S/C10H5BrCl2N2O/c11-5-3-15-9(10(14)16)4-1-2-6(12)8(13)7(4)5/h1-3H,(H2,14,16). The number of fused-ring (bicyclic) bond motifs is 1. The summed E-state index contributed by atoms with van der Waals surface area (Å²) in [5.74, 6) is -0.601. The molecule has 0 bridgehead atoms. The number of nitrogens with zero attached hydrogens (tertiary/aromatic N) is 1. The molecule has 0 aliphatic rings. The number of pyridine rings is 1. The molecule has 1 aromatic carbocycles. The Kier molecular flexibility index (Phi) is 3.06. The largest absolute Gasteiger partial charge is 0.364 e. The highest BCUT2D eigenvalue weighted by molar-refractivity contribution is 9.10. The molecule has 82 valence electrons. The van der Waals surface area contributed by atoms with Gasteiger partial charge in [0.15, 0.2) is 0 Å². The highest BCUT2D eigenvalue weighted by Gasteiger charge is 2.14. The molecule has 0 fully saturated rings. The van der Waals surface area contributed by atoms with E-state index in [2.05, 4.69) is 20.9 Å². The van der Waals surface area contributed by atoms with Gasteiger partial charge in [-0.2, -0.15) is 0 Å². The number of halogens is 3. The summed E-state index contributed by atoms with van der Waals surface area (Å²) in [6.07, 6.45) is 1.48. The summed E-state index contributed by atoms with van der Waals surface area (Å²) >= 11 is 15.3. The van der Waals surface area contributed by atoms with Crippen molar-refractivity contribution in [1.82, 2.24) is 4.98 Å². The number of aromatic nitrogens is 1. The second-order valence-electron chi connectivity index (χ2n) is 3.10. The van der Waals surface area contributed by atoms with Gasteiger partial charge in [0.05, 0.1) is 10.0 Å². The van der Waals surface area contributed by atoms with Gasteiger partial charge in [0.25, 0.3) is 5.91 Å². The van der Waals surface area contributed by atoms with Gasteiger partial charge in [-0.15, -0.1) is 0 Å². The molecule has 1 aromatic heterocycles. The average molecular weight is 320 g/mol. The zero-order valence-corrected chi connectivity index (χ0v) is 10.9. The third kappa shape index (κ3) is 1.77. The lowest BCUT2D eigenvalue weighted by Gasteiger charge is -2.07. The van der Waals surface area contributed by atoms with Crippen molar-refractivity contribution in [2.45, 2.75) is 0 Å². The van der Waals surface area contributed by atoms with Gasteiger partial charge in [0, 0.05) is 21.4 Å². The molecule has 2 N–H and O–H groups in total. The maximum Gasteiger partial charge on any atom is 0.267 e. The topological polar surface area (TPSA) is 56.0 Å². The van der Waals surface area contributed by atoms with E-state index in [1.54, 1.807) is 12.1 Å². The van der Waals surface area contributed by atoms with E-state index in [-0.39, 0.29) is 5.69 Å². The Morgan fingerprint density at radius 3 is 2.69 bits per heavy atom. The van der Waals surface area contributed by atoms with Crippen LogP contribution >= 0.6 is 39.1 Å². The van der Waals surface area contributed by atoms with Crippen LogP contribution < -0.4 is 5.73 Å². The van der Waals surface area contributed by atoms with Crippen LogP contribution in [0.25, 0.3) is 10.8 Å². The fourth-order valence-corrected chi connectivity index (χ4v) is 2.49. The summed E-state index contributed by atoms with van der Waals surface area (Å²) in [4.78, 5) is 15.1. The van der Waals surface area contributed by atoms with E-state index in [9.17, 15) is 4.79 Å². The van der Waals surface area contributed by atoms with Gasteiger partial charge < -0.3 is 5.73 Å². The van der Waals surface area contributed by atoms with Crippen molar-refractivity contribution in [2.24, 2.45) is 5.73 Å². The van der Waals surface area contributed by atoms with E-state index < -0.39 is 5.91 Å². The number of primary amides is 1. The molecule has 0 aliphatic heterocycles. The Labute approximate surface area is 110 Å². The summed E-state index contributed by atoms with van der Waals surface area (Å²) in [5.41, 5.74) is 5.40. The van der Waals surface area contributed by atoms with Gasteiger partial charge in [-0.1, -0.05) is 29.3 Å². The SMILES string of the molecule is NC(=O)c1ncc(Br)c2c(Cl)c(Cl)ccc12. The van der Waals surface area contributed by atoms with Crippen LogP contribution in [0.2, 0.25) is 10.0 Å². The molecule has 0 saturated heterocycles. The minimum atomic E-state index is -0.601. The number of hydrogen-bond acceptors (Lipinski definition) is 2. The number of carbonyl (C=O) groups is 1. The lowest BCUT2D eigenvalue weighted by molar-refractivity contribution is 0.0997. The first-order valence-corrected chi connectivity index (χ1v) is 5.79. The van der Waals surface area contributed by atoms with Crippen LogP contribution in [-0.2, 0) is 0 Å². The smallest absolute Gasteiger partial charge is 0.267 e. The first-order valence-electron chi connectivity index (χ1n) is 4.24. The quantitative estimate of drug-likeness (QED) is 0.875. The van der Waals surface area contributed by atoms with Gasteiger partial charge in [0.2, 0.25) is 0 Å². The first-order chi connectivity index (χ1) is 7.52. The molecule has 0 aliphatic carbocycles. The van der Waals surface area contributed by atoms with Crippen LogP contribution in [0, 0.1) is 0 Å². The van der Waals surface area contributed by atoms with Crippen LogP contribution in [0.15, 0.2) is 22.8 Å². The van der Waals surface area contributed by atoms with Crippen LogP contribution in [0.4, 0.5) is 0 Å². The summed E-state index contributed by atoms with van der Waals surface area (Å²) in [6, 6.07) is 3.27. The summed E-state index contributed by atoms with van der Waals surface area (Å²) in [7, 11) is 0. The zero-order valence-electron chi connectivity index (χ0n) is 7.80. The highest BCUT2D eigenvalue weighted by atomic mass is 79.9. The van der Waals surface area contributed by atoms with Crippen molar-refractivity contribution in [2.75, 3.05) is 0 Å². The minimum Gasteiger partial charge on any atom is -0.364 e. The van der Waals surface area contributed by atoms with Gasteiger partial charge in [-0.25, -0.2) is 4.98 Å². The van der Waals surface area contributed by atoms with Crippen molar-refractivity contribution < 1.29 is 4.79 Å². The van der Waals surface area contributed by atoms with Crippen molar-refractivity contribution in [3.63, 3.8) is 0 Å². The minimum absolute atomic E-state index is 0.178. The molecular formula is C10H5BrCl2N2O. The predicted molar refractivity (Wildman–Crippen MR) is 68.0 cm³/mol. The maximum atomic E-state index is 11.2. The highest BCUT2D eigenvalue weighted by Crippen LogP contribution is 2.36. The van der Waals surface area contributed by atoms with Crippen molar-refractivity contribution >= 4 is 55.8 Å². The van der Waals surface area contributed by atoms with Gasteiger partial charge >= 0.3 is 0 Å². The molecule has 3 nitrogen and oxygen atoms in total. The normalized spacial score (nSPS) is 10.7. The van der Waals surface area contributed by atoms with Crippen molar-refractivity contribution in [3.05, 3.63) is 38.5 Å². The van der Waals surface area contributed by atoms with E-state index >= 15 is 0 Å². The van der Waals surface area contributed by atoms with Gasteiger partial charge in [-0.3, -0.25) is 4.79 Å². The molecular weight excluding hydrogens is 315 g/mol. The molecule has 1 amide bonds. The van der Waals surface area contributed by atoms with Gasteiger partial charge in [-0.05, 0) is 22.0 Å². The van der Waals surface area contributed by atoms with Crippen molar-refractivity contribution in [1.29, 1.82) is 0 Å². The molecule has 2 aromatic rings. The average Bonchev–Trinajstić information content (AvgIpc) is 2.23. The third-order valence-corrected chi connectivity index (χ3v) is 3.53. The maximum absolute atomic E-state index is 11.2. The predicted octanol–water partition coefficient (Wildman–Crippen LogP) is 3.40. The zero-order chi connectivity index (χ0) is 11.9. The lowest BCUT2D eigenvalue weighted by Crippen LogP contribution is -2.13. The lowest BCUT2D eigenvalue weighted by atomic mass is 10.1. The molecule has 1 heterocycles. The van der Waals surface area contributed by atoms with E-state index in [1.165, 1.54) is 6.20 Å². The van der Waals surface area contributed by atoms with E-state index in [0.29, 0.717) is 25.3 Å². The van der Waals surface area contributed by atoms with Crippen molar-refractivity contribution in [3.8, 4) is 0 Å². The summed E-state index contributed by atoms with van der Waals surface area (Å²) in [5, 5.41) is 2.00. The van der Waals surface area contributed by atoms with Crippen LogP contribution in [0.1, 0.15) is 10.5 Å². The van der Waals surface area contributed by atoms with Crippen LogP contribution in [0.3, 0.4) is 0 Å². The van der Waals surface area contributed by atoms with E-state index in [1.807, 2.05) is 0 Å². The molecule has 0 saturated carbocycles. The molecule has 0 atom stereocenters. The van der Waals surface area contributed by atoms with Crippen LogP contribution in [0.5, 0.6) is 0 Å². The second kappa shape index (κ2) is 4.20. The number of amides is 1. The Bertz CT molecular complexity index is 601. The van der Waals surface area contributed by atoms with E-state index in [4.69, 9.17) is 28.9 Å².